The Morgan fingerprint density at radius 1 is 1.37 bits per heavy atom. The van der Waals surface area contributed by atoms with E-state index < -0.39 is 0 Å². The fraction of sp³-hybridized carbons (Fsp3) is 0.600. The molecule has 1 aliphatic heterocycles. The lowest BCUT2D eigenvalue weighted by molar-refractivity contribution is 0.217. The monoisotopic (exact) mass is 265 g/mol. The van der Waals surface area contributed by atoms with Crippen LogP contribution < -0.4 is 10.6 Å². The minimum Gasteiger partial charge on any atom is -0.370 e. The summed E-state index contributed by atoms with van der Waals surface area (Å²) < 4.78 is 13.3. The highest BCUT2D eigenvalue weighted by atomic mass is 19.1. The van der Waals surface area contributed by atoms with Crippen LogP contribution in [-0.4, -0.2) is 43.7 Å². The maximum Gasteiger partial charge on any atom is 0.125 e. The van der Waals surface area contributed by atoms with E-state index in [2.05, 4.69) is 16.7 Å². The number of nitrogens with two attached hydrogens (primary N) is 1. The number of benzene rings is 1. The van der Waals surface area contributed by atoms with Crippen molar-refractivity contribution in [1.82, 2.24) is 4.90 Å². The molecule has 2 rings (SSSR count). The Morgan fingerprint density at radius 2 is 2.11 bits per heavy atom. The second-order valence-electron chi connectivity index (χ2n) is 5.24. The van der Waals surface area contributed by atoms with Gasteiger partial charge in [-0.15, -0.1) is 0 Å². The molecule has 1 fully saturated rings. The van der Waals surface area contributed by atoms with Crippen LogP contribution in [0.3, 0.4) is 0 Å². The van der Waals surface area contributed by atoms with E-state index in [1.165, 1.54) is 6.07 Å². The molecule has 1 heterocycles. The molecule has 3 nitrogen and oxygen atoms in total. The highest BCUT2D eigenvalue weighted by Gasteiger charge is 2.16. The molecule has 1 saturated heterocycles. The fourth-order valence-corrected chi connectivity index (χ4v) is 2.58. The number of hydrogen-bond acceptors (Lipinski definition) is 3. The molecule has 19 heavy (non-hydrogen) atoms. The largest absolute Gasteiger partial charge is 0.370 e. The number of rotatable bonds is 5. The van der Waals surface area contributed by atoms with Gasteiger partial charge >= 0.3 is 0 Å². The molecular formula is C15H24FN3. The standard InChI is InChI=1S/C15H24FN3/c1-2-19(15-5-3-4-13(16)12-15)11-10-18-8-6-14(17)7-9-18/h3-5,12,14H,2,6-11,17H2,1H3. The van der Waals surface area contributed by atoms with Gasteiger partial charge in [-0.2, -0.15) is 0 Å². The van der Waals surface area contributed by atoms with Gasteiger partial charge in [-0.25, -0.2) is 4.39 Å². The minimum absolute atomic E-state index is 0.167. The van der Waals surface area contributed by atoms with E-state index in [9.17, 15) is 4.39 Å². The molecule has 0 amide bonds. The Balaban J connectivity index is 1.86. The Bertz CT molecular complexity index is 389. The van der Waals surface area contributed by atoms with Crippen molar-refractivity contribution in [3.8, 4) is 0 Å². The Kier molecular flexibility index (Phi) is 5.16. The van der Waals surface area contributed by atoms with E-state index in [4.69, 9.17) is 5.73 Å². The number of likely N-dealkylation sites (N-methyl/N-ethyl adjacent to an activating group) is 1. The molecule has 1 aromatic carbocycles. The number of piperidine rings is 1. The van der Waals surface area contributed by atoms with E-state index in [0.29, 0.717) is 6.04 Å². The molecule has 0 unspecified atom stereocenters. The summed E-state index contributed by atoms with van der Waals surface area (Å²) in [6.07, 6.45) is 2.18. The van der Waals surface area contributed by atoms with E-state index in [0.717, 1.165) is 51.3 Å². The van der Waals surface area contributed by atoms with Crippen molar-refractivity contribution in [2.45, 2.75) is 25.8 Å². The third-order valence-corrected chi connectivity index (χ3v) is 3.87. The van der Waals surface area contributed by atoms with Crippen molar-refractivity contribution < 1.29 is 4.39 Å². The van der Waals surface area contributed by atoms with E-state index in [1.54, 1.807) is 12.1 Å². The van der Waals surface area contributed by atoms with Crippen molar-refractivity contribution >= 4 is 5.69 Å². The highest BCUT2D eigenvalue weighted by Crippen LogP contribution is 2.15. The third kappa shape index (κ3) is 4.18. The molecule has 0 atom stereocenters. The van der Waals surface area contributed by atoms with Gasteiger partial charge in [0, 0.05) is 31.4 Å². The summed E-state index contributed by atoms with van der Waals surface area (Å²) in [5.41, 5.74) is 6.88. The van der Waals surface area contributed by atoms with Crippen LogP contribution in [0.15, 0.2) is 24.3 Å². The lowest BCUT2D eigenvalue weighted by Gasteiger charge is -2.32. The molecule has 1 aromatic rings. The Morgan fingerprint density at radius 3 is 2.74 bits per heavy atom. The van der Waals surface area contributed by atoms with Crippen LogP contribution in [0.1, 0.15) is 19.8 Å². The first-order chi connectivity index (χ1) is 9.19. The molecule has 106 valence electrons. The molecule has 0 bridgehead atoms. The molecular weight excluding hydrogens is 241 g/mol. The first kappa shape index (κ1) is 14.3. The normalized spacial score (nSPS) is 17.6. The Hall–Kier alpha value is -1.13. The van der Waals surface area contributed by atoms with Crippen LogP contribution in [0.2, 0.25) is 0 Å². The zero-order chi connectivity index (χ0) is 13.7. The summed E-state index contributed by atoms with van der Waals surface area (Å²) >= 11 is 0. The van der Waals surface area contributed by atoms with Crippen molar-refractivity contribution in [2.75, 3.05) is 37.6 Å². The molecule has 1 aliphatic rings. The second kappa shape index (κ2) is 6.87. The number of anilines is 1. The number of likely N-dealkylation sites (tertiary alicyclic amines) is 1. The summed E-state index contributed by atoms with van der Waals surface area (Å²) in [6.45, 7) is 7.14. The smallest absolute Gasteiger partial charge is 0.125 e. The summed E-state index contributed by atoms with van der Waals surface area (Å²) in [5.74, 6) is -0.167. The van der Waals surface area contributed by atoms with Crippen molar-refractivity contribution in [1.29, 1.82) is 0 Å². The predicted octanol–water partition coefficient (Wildman–Crippen LogP) is 2.08. The molecule has 0 aromatic heterocycles. The molecule has 0 aliphatic carbocycles. The molecule has 2 N–H and O–H groups in total. The van der Waals surface area contributed by atoms with Gasteiger partial charge in [0.05, 0.1) is 0 Å². The second-order valence-corrected chi connectivity index (χ2v) is 5.24. The topological polar surface area (TPSA) is 32.5 Å². The maximum absolute atomic E-state index is 13.3. The summed E-state index contributed by atoms with van der Waals surface area (Å²) in [5, 5.41) is 0. The lowest BCUT2D eigenvalue weighted by atomic mass is 10.1. The van der Waals surface area contributed by atoms with Gasteiger partial charge in [-0.1, -0.05) is 6.07 Å². The van der Waals surface area contributed by atoms with E-state index in [-0.39, 0.29) is 5.82 Å². The van der Waals surface area contributed by atoms with Crippen LogP contribution in [0.25, 0.3) is 0 Å². The van der Waals surface area contributed by atoms with E-state index >= 15 is 0 Å². The lowest BCUT2D eigenvalue weighted by Crippen LogP contribution is -2.43. The van der Waals surface area contributed by atoms with Gasteiger partial charge in [-0.05, 0) is 51.1 Å². The average molecular weight is 265 g/mol. The number of nitrogens with zero attached hydrogens (tertiary/aromatic N) is 2. The van der Waals surface area contributed by atoms with Crippen LogP contribution >= 0.6 is 0 Å². The molecule has 0 radical (unpaired) electrons. The Labute approximate surface area is 115 Å². The van der Waals surface area contributed by atoms with Gasteiger partial charge in [0.25, 0.3) is 0 Å². The zero-order valence-electron chi connectivity index (χ0n) is 11.7. The quantitative estimate of drug-likeness (QED) is 0.884. The molecule has 4 heteroatoms. The van der Waals surface area contributed by atoms with Crippen LogP contribution in [0, 0.1) is 5.82 Å². The third-order valence-electron chi connectivity index (χ3n) is 3.87. The molecule has 0 saturated carbocycles. The van der Waals surface area contributed by atoms with Gasteiger partial charge in [0.2, 0.25) is 0 Å². The maximum atomic E-state index is 13.3. The van der Waals surface area contributed by atoms with Gasteiger partial charge in [0.15, 0.2) is 0 Å². The summed E-state index contributed by atoms with van der Waals surface area (Å²) in [4.78, 5) is 4.67. The van der Waals surface area contributed by atoms with Gasteiger partial charge < -0.3 is 15.5 Å². The SMILES string of the molecule is CCN(CCN1CCC(N)CC1)c1cccc(F)c1. The van der Waals surface area contributed by atoms with Crippen molar-refractivity contribution in [3.63, 3.8) is 0 Å². The first-order valence-electron chi connectivity index (χ1n) is 7.17. The summed E-state index contributed by atoms with van der Waals surface area (Å²) in [7, 11) is 0. The number of hydrogen-bond donors (Lipinski definition) is 1. The van der Waals surface area contributed by atoms with Gasteiger partial charge in [-0.3, -0.25) is 0 Å². The van der Waals surface area contributed by atoms with Crippen LogP contribution in [0.4, 0.5) is 10.1 Å². The van der Waals surface area contributed by atoms with Crippen molar-refractivity contribution in [2.24, 2.45) is 5.73 Å². The number of halogens is 1. The average Bonchev–Trinajstić information content (AvgIpc) is 2.42. The zero-order valence-corrected chi connectivity index (χ0v) is 11.7. The summed E-state index contributed by atoms with van der Waals surface area (Å²) in [6, 6.07) is 7.21. The van der Waals surface area contributed by atoms with Gasteiger partial charge in [0.1, 0.15) is 5.82 Å². The highest BCUT2D eigenvalue weighted by molar-refractivity contribution is 5.46. The minimum atomic E-state index is -0.167. The molecule has 0 spiro atoms. The van der Waals surface area contributed by atoms with Crippen LogP contribution in [0.5, 0.6) is 0 Å². The fourth-order valence-electron chi connectivity index (χ4n) is 2.58. The van der Waals surface area contributed by atoms with Crippen LogP contribution in [-0.2, 0) is 0 Å². The van der Waals surface area contributed by atoms with Crippen molar-refractivity contribution in [3.05, 3.63) is 30.1 Å². The van der Waals surface area contributed by atoms with E-state index in [1.807, 2.05) is 6.07 Å². The first-order valence-corrected chi connectivity index (χ1v) is 7.17. The predicted molar refractivity (Wildman–Crippen MR) is 77.9 cm³/mol.